The minimum atomic E-state index is -0.453. The quantitative estimate of drug-likeness (QED) is 0.786. The monoisotopic (exact) mass is 362 g/mol. The maximum Gasteiger partial charge on any atom is 0.322 e. The van der Waals surface area contributed by atoms with Gasteiger partial charge in [-0.2, -0.15) is 0 Å². The molecule has 6 heteroatoms. The van der Waals surface area contributed by atoms with E-state index in [9.17, 15) is 9.59 Å². The fourth-order valence-corrected chi connectivity index (χ4v) is 4.89. The van der Waals surface area contributed by atoms with Gasteiger partial charge in [0.2, 0.25) is 5.91 Å². The Morgan fingerprint density at radius 1 is 1.36 bits per heavy atom. The van der Waals surface area contributed by atoms with Gasteiger partial charge in [-0.3, -0.25) is 14.9 Å². The van der Waals surface area contributed by atoms with E-state index < -0.39 is 6.04 Å². The number of rotatable bonds is 6. The zero-order chi connectivity index (χ0) is 17.6. The summed E-state index contributed by atoms with van der Waals surface area (Å²) < 4.78 is 4.96. The lowest BCUT2D eigenvalue weighted by Crippen LogP contribution is -2.52. The van der Waals surface area contributed by atoms with Crippen LogP contribution in [0.15, 0.2) is 30.3 Å². The molecule has 0 radical (unpaired) electrons. The molecule has 1 N–H and O–H groups in total. The first kappa shape index (κ1) is 18.3. The number of amides is 1. The number of fused-ring (bicyclic) bond motifs is 1. The average molecular weight is 362 g/mol. The van der Waals surface area contributed by atoms with Gasteiger partial charge in [-0.15, -0.1) is 11.8 Å². The molecule has 3 rings (SSSR count). The Bertz CT molecular complexity index is 596. The molecule has 0 spiro atoms. The third-order valence-corrected chi connectivity index (χ3v) is 6.26. The van der Waals surface area contributed by atoms with E-state index in [-0.39, 0.29) is 17.9 Å². The predicted molar refractivity (Wildman–Crippen MR) is 99.3 cm³/mol. The molecule has 2 heterocycles. The number of nitrogens with zero attached hydrogens (tertiary/aromatic N) is 1. The van der Waals surface area contributed by atoms with E-state index in [1.807, 2.05) is 34.9 Å². The Hall–Kier alpha value is -1.53. The largest absolute Gasteiger partial charge is 0.468 e. The Morgan fingerprint density at radius 2 is 2.16 bits per heavy atom. The van der Waals surface area contributed by atoms with E-state index >= 15 is 0 Å². The Balaban J connectivity index is 1.64. The number of aryl methyl sites for hydroxylation is 1. The molecule has 0 aliphatic carbocycles. The van der Waals surface area contributed by atoms with Crippen LogP contribution in [0.4, 0.5) is 0 Å². The first-order valence-corrected chi connectivity index (χ1v) is 10.0. The minimum Gasteiger partial charge on any atom is -0.468 e. The summed E-state index contributed by atoms with van der Waals surface area (Å²) >= 11 is 1.87. The summed E-state index contributed by atoms with van der Waals surface area (Å²) in [5.74, 6) is 0.860. The number of carbonyl (C=O) groups excluding carboxylic acids is 2. The minimum absolute atomic E-state index is 0.140. The standard InChI is InChI=1S/C19H26N2O3S/c1-24-19(23)16(11-10-14-6-3-2-4-7-14)20-15-8-5-9-17-21(18(15)22)12-13-25-17/h2-4,6-7,15-17,20H,5,8-13H2,1H3/t15-,16?,17+/m0/s1. The van der Waals surface area contributed by atoms with Crippen LogP contribution in [0, 0.1) is 0 Å². The number of hydrogen-bond acceptors (Lipinski definition) is 5. The predicted octanol–water partition coefficient (Wildman–Crippen LogP) is 2.20. The Kier molecular flexibility index (Phi) is 6.37. The molecule has 136 valence electrons. The van der Waals surface area contributed by atoms with Crippen molar-refractivity contribution in [1.29, 1.82) is 0 Å². The highest BCUT2D eigenvalue weighted by Crippen LogP contribution is 2.31. The van der Waals surface area contributed by atoms with Crippen molar-refractivity contribution in [2.45, 2.75) is 49.6 Å². The van der Waals surface area contributed by atoms with Gasteiger partial charge in [0.05, 0.1) is 18.5 Å². The van der Waals surface area contributed by atoms with Gasteiger partial charge < -0.3 is 9.64 Å². The molecule has 3 atom stereocenters. The summed E-state index contributed by atoms with van der Waals surface area (Å²) in [4.78, 5) is 27.0. The van der Waals surface area contributed by atoms with Gasteiger partial charge in [-0.05, 0) is 37.7 Å². The van der Waals surface area contributed by atoms with Crippen molar-refractivity contribution in [3.63, 3.8) is 0 Å². The molecule has 1 aromatic carbocycles. The van der Waals surface area contributed by atoms with Crippen LogP contribution in [0.1, 0.15) is 31.2 Å². The SMILES string of the molecule is COC(=O)C(CCc1ccccc1)N[C@H]1CCC[C@H]2SCCN2C1=O. The lowest BCUT2D eigenvalue weighted by atomic mass is 10.0. The number of methoxy groups -OCH3 is 1. The highest BCUT2D eigenvalue weighted by molar-refractivity contribution is 8.00. The second-order valence-corrected chi connectivity index (χ2v) is 7.89. The summed E-state index contributed by atoms with van der Waals surface area (Å²) in [5.41, 5.74) is 1.18. The van der Waals surface area contributed by atoms with Gasteiger partial charge in [-0.1, -0.05) is 30.3 Å². The molecule has 1 amide bonds. The summed E-state index contributed by atoms with van der Waals surface area (Å²) in [6, 6.07) is 9.34. The second kappa shape index (κ2) is 8.72. The van der Waals surface area contributed by atoms with Crippen LogP contribution in [0.2, 0.25) is 0 Å². The van der Waals surface area contributed by atoms with Gasteiger partial charge in [0.1, 0.15) is 6.04 Å². The van der Waals surface area contributed by atoms with Crippen molar-refractivity contribution in [3.8, 4) is 0 Å². The zero-order valence-electron chi connectivity index (χ0n) is 14.6. The number of ether oxygens (including phenoxy) is 1. The van der Waals surface area contributed by atoms with Crippen LogP contribution in [0.5, 0.6) is 0 Å². The molecular formula is C19H26N2O3S. The van der Waals surface area contributed by atoms with E-state index in [1.54, 1.807) is 0 Å². The van der Waals surface area contributed by atoms with Crippen LogP contribution >= 0.6 is 11.8 Å². The summed E-state index contributed by atoms with van der Waals surface area (Å²) in [7, 11) is 1.40. The van der Waals surface area contributed by atoms with Crippen molar-refractivity contribution in [2.75, 3.05) is 19.4 Å². The van der Waals surface area contributed by atoms with Crippen molar-refractivity contribution in [3.05, 3.63) is 35.9 Å². The normalized spacial score (nSPS) is 24.5. The van der Waals surface area contributed by atoms with Gasteiger partial charge in [-0.25, -0.2) is 0 Å². The third-order valence-electron chi connectivity index (χ3n) is 4.97. The fourth-order valence-electron chi connectivity index (χ4n) is 3.60. The van der Waals surface area contributed by atoms with Gasteiger partial charge >= 0.3 is 5.97 Å². The zero-order valence-corrected chi connectivity index (χ0v) is 15.5. The first-order valence-electron chi connectivity index (χ1n) is 8.99. The summed E-state index contributed by atoms with van der Waals surface area (Å²) in [6.45, 7) is 0.819. The van der Waals surface area contributed by atoms with Gasteiger partial charge in [0, 0.05) is 12.3 Å². The average Bonchev–Trinajstić information content (AvgIpc) is 3.06. The molecule has 2 aliphatic rings. The molecule has 2 saturated heterocycles. The summed E-state index contributed by atoms with van der Waals surface area (Å²) in [5, 5.41) is 3.62. The topological polar surface area (TPSA) is 58.6 Å². The lowest BCUT2D eigenvalue weighted by Gasteiger charge is -2.27. The number of esters is 1. The lowest BCUT2D eigenvalue weighted by molar-refractivity contribution is -0.144. The Morgan fingerprint density at radius 3 is 2.92 bits per heavy atom. The van der Waals surface area contributed by atoms with E-state index in [0.29, 0.717) is 11.8 Å². The molecule has 0 saturated carbocycles. The third kappa shape index (κ3) is 4.55. The number of hydrogen-bond donors (Lipinski definition) is 1. The summed E-state index contributed by atoms with van der Waals surface area (Å²) in [6.07, 6.45) is 4.23. The van der Waals surface area contributed by atoms with Gasteiger partial charge in [0.15, 0.2) is 0 Å². The van der Waals surface area contributed by atoms with E-state index in [2.05, 4.69) is 17.4 Å². The molecule has 0 aromatic heterocycles. The number of thioether (sulfide) groups is 1. The molecule has 1 unspecified atom stereocenters. The first-order chi connectivity index (χ1) is 12.2. The van der Waals surface area contributed by atoms with Crippen LogP contribution < -0.4 is 5.32 Å². The van der Waals surface area contributed by atoms with Crippen LogP contribution in [0.3, 0.4) is 0 Å². The van der Waals surface area contributed by atoms with E-state index in [0.717, 1.165) is 38.0 Å². The number of benzene rings is 1. The van der Waals surface area contributed by atoms with E-state index in [1.165, 1.54) is 12.7 Å². The Labute approximate surface area is 153 Å². The fraction of sp³-hybridized carbons (Fsp3) is 0.579. The number of nitrogens with one attached hydrogen (secondary N) is 1. The highest BCUT2D eigenvalue weighted by atomic mass is 32.2. The molecule has 2 aliphatic heterocycles. The van der Waals surface area contributed by atoms with Crippen molar-refractivity contribution in [2.24, 2.45) is 0 Å². The molecular weight excluding hydrogens is 336 g/mol. The number of carbonyl (C=O) groups is 2. The maximum atomic E-state index is 12.8. The van der Waals surface area contributed by atoms with E-state index in [4.69, 9.17) is 4.74 Å². The van der Waals surface area contributed by atoms with Crippen molar-refractivity contribution in [1.82, 2.24) is 10.2 Å². The van der Waals surface area contributed by atoms with Crippen molar-refractivity contribution < 1.29 is 14.3 Å². The molecule has 1 aromatic rings. The molecule has 2 fully saturated rings. The highest BCUT2D eigenvalue weighted by Gasteiger charge is 2.37. The molecule has 5 nitrogen and oxygen atoms in total. The van der Waals surface area contributed by atoms with Crippen LogP contribution in [0.25, 0.3) is 0 Å². The maximum absolute atomic E-state index is 12.8. The smallest absolute Gasteiger partial charge is 0.322 e. The molecule has 25 heavy (non-hydrogen) atoms. The van der Waals surface area contributed by atoms with Crippen LogP contribution in [-0.4, -0.2) is 53.6 Å². The van der Waals surface area contributed by atoms with Crippen molar-refractivity contribution >= 4 is 23.6 Å². The second-order valence-electron chi connectivity index (χ2n) is 6.61. The molecule has 0 bridgehead atoms. The van der Waals surface area contributed by atoms with Gasteiger partial charge in [0.25, 0.3) is 0 Å². The van der Waals surface area contributed by atoms with Crippen LogP contribution in [-0.2, 0) is 20.7 Å².